The number of hydrogen-bond acceptors (Lipinski definition) is 4. The van der Waals surface area contributed by atoms with E-state index in [0.717, 1.165) is 0 Å². The van der Waals surface area contributed by atoms with Crippen LogP contribution in [0.3, 0.4) is 0 Å². The Morgan fingerprint density at radius 1 is 1.73 bits per heavy atom. The topological polar surface area (TPSA) is 49.8 Å². The lowest BCUT2D eigenvalue weighted by Gasteiger charge is -2.10. The summed E-state index contributed by atoms with van der Waals surface area (Å²) in [4.78, 5) is 12.2. The molecule has 0 spiro atoms. The quantitative estimate of drug-likeness (QED) is 0.448. The first-order chi connectivity index (χ1) is 5.20. The monoisotopic (exact) mass is 159 g/mol. The zero-order valence-corrected chi connectivity index (χ0v) is 6.78. The number of carbonyl (C=O) groups excluding carboxylic acids is 1. The van der Waals surface area contributed by atoms with Crippen LogP contribution in [0.15, 0.2) is 12.3 Å². The van der Waals surface area contributed by atoms with Crippen molar-refractivity contribution in [3.8, 4) is 0 Å². The highest BCUT2D eigenvalue weighted by Gasteiger charge is 1.92. The molecule has 0 unspecified atom stereocenters. The van der Waals surface area contributed by atoms with Crippen LogP contribution >= 0.6 is 0 Å². The van der Waals surface area contributed by atoms with Crippen molar-refractivity contribution in [2.75, 3.05) is 27.3 Å². The summed E-state index contributed by atoms with van der Waals surface area (Å²) in [6, 6.07) is 0. The third kappa shape index (κ3) is 5.42. The van der Waals surface area contributed by atoms with Gasteiger partial charge in [0.05, 0.1) is 13.7 Å². The first kappa shape index (κ1) is 9.97. The Morgan fingerprint density at radius 2 is 2.36 bits per heavy atom. The highest BCUT2D eigenvalue weighted by atomic mass is 16.5. The molecule has 0 bridgehead atoms. The fraction of sp³-hybridized carbons (Fsp3) is 0.571. The van der Waals surface area contributed by atoms with Gasteiger partial charge in [-0.3, -0.25) is 0 Å². The van der Waals surface area contributed by atoms with Crippen LogP contribution in [0.5, 0.6) is 0 Å². The van der Waals surface area contributed by atoms with Crippen LogP contribution in [0.4, 0.5) is 0 Å². The van der Waals surface area contributed by atoms with Gasteiger partial charge in [-0.2, -0.15) is 0 Å². The van der Waals surface area contributed by atoms with Gasteiger partial charge in [0.2, 0.25) is 0 Å². The van der Waals surface area contributed by atoms with Crippen LogP contribution in [0, 0.1) is 0 Å². The van der Waals surface area contributed by atoms with E-state index in [9.17, 15) is 4.79 Å². The van der Waals surface area contributed by atoms with Crippen molar-refractivity contribution in [2.24, 2.45) is 0 Å². The van der Waals surface area contributed by atoms with Crippen molar-refractivity contribution in [1.29, 1.82) is 0 Å². The van der Waals surface area contributed by atoms with E-state index in [-0.39, 0.29) is 6.61 Å². The summed E-state index contributed by atoms with van der Waals surface area (Å²) < 4.78 is 4.36. The van der Waals surface area contributed by atoms with Gasteiger partial charge in [-0.25, -0.2) is 4.79 Å². The molecule has 1 N–H and O–H groups in total. The summed E-state index contributed by atoms with van der Waals surface area (Å²) in [6.45, 7) is 0.579. The first-order valence-corrected chi connectivity index (χ1v) is 3.28. The number of rotatable bonds is 4. The van der Waals surface area contributed by atoms with Crippen molar-refractivity contribution in [3.63, 3.8) is 0 Å². The van der Waals surface area contributed by atoms with Crippen molar-refractivity contribution >= 4 is 5.97 Å². The van der Waals surface area contributed by atoms with Crippen LogP contribution < -0.4 is 0 Å². The number of carbonyl (C=O) groups is 1. The Balaban J connectivity index is 3.63. The van der Waals surface area contributed by atoms with E-state index in [1.165, 1.54) is 13.2 Å². The van der Waals surface area contributed by atoms with Gasteiger partial charge in [0, 0.05) is 25.9 Å². The third-order valence-corrected chi connectivity index (χ3v) is 1.12. The molecule has 0 aromatic carbocycles. The Labute approximate surface area is 66.1 Å². The van der Waals surface area contributed by atoms with Crippen LogP contribution in [-0.4, -0.2) is 43.3 Å². The van der Waals surface area contributed by atoms with Gasteiger partial charge in [-0.15, -0.1) is 0 Å². The number of likely N-dealkylation sites (N-methyl/N-ethyl adjacent to an activating group) is 1. The minimum Gasteiger partial charge on any atom is -0.466 e. The van der Waals surface area contributed by atoms with E-state index in [1.807, 2.05) is 0 Å². The van der Waals surface area contributed by atoms with Gasteiger partial charge in [0.1, 0.15) is 0 Å². The average molecular weight is 159 g/mol. The van der Waals surface area contributed by atoms with E-state index in [2.05, 4.69) is 4.74 Å². The second kappa shape index (κ2) is 5.73. The maximum Gasteiger partial charge on any atom is 0.331 e. The van der Waals surface area contributed by atoms with Gasteiger partial charge in [-0.1, -0.05) is 0 Å². The Kier molecular flexibility index (Phi) is 5.20. The summed E-state index contributed by atoms with van der Waals surface area (Å²) in [5.41, 5.74) is 0. The normalized spacial score (nSPS) is 10.1. The van der Waals surface area contributed by atoms with Crippen LogP contribution in [-0.2, 0) is 9.53 Å². The van der Waals surface area contributed by atoms with Gasteiger partial charge in [0.25, 0.3) is 0 Å². The molecule has 0 aliphatic heterocycles. The summed E-state index contributed by atoms with van der Waals surface area (Å²) in [5, 5.41) is 8.47. The fourth-order valence-corrected chi connectivity index (χ4v) is 0.488. The second-order valence-electron chi connectivity index (χ2n) is 2.04. The van der Waals surface area contributed by atoms with E-state index in [4.69, 9.17) is 5.11 Å². The lowest BCUT2D eigenvalue weighted by atomic mass is 10.5. The first-order valence-electron chi connectivity index (χ1n) is 3.28. The van der Waals surface area contributed by atoms with Crippen molar-refractivity contribution < 1.29 is 14.6 Å². The Morgan fingerprint density at radius 3 is 2.82 bits per heavy atom. The van der Waals surface area contributed by atoms with Crippen LogP contribution in [0.1, 0.15) is 0 Å². The predicted molar refractivity (Wildman–Crippen MR) is 40.9 cm³/mol. The molecule has 64 valence electrons. The maximum atomic E-state index is 10.5. The Bertz CT molecular complexity index is 145. The average Bonchev–Trinajstić information content (AvgIpc) is 2.01. The molecule has 0 saturated heterocycles. The molecule has 0 saturated carbocycles. The number of aliphatic hydroxyl groups excluding tert-OH is 1. The van der Waals surface area contributed by atoms with E-state index >= 15 is 0 Å². The molecule has 0 fully saturated rings. The highest BCUT2D eigenvalue weighted by molar-refractivity contribution is 5.81. The molecule has 0 radical (unpaired) electrons. The summed E-state index contributed by atoms with van der Waals surface area (Å²) in [7, 11) is 3.08. The van der Waals surface area contributed by atoms with Crippen LogP contribution in [0.25, 0.3) is 0 Å². The number of nitrogens with zero attached hydrogens (tertiary/aromatic N) is 1. The fourth-order valence-electron chi connectivity index (χ4n) is 0.488. The molecule has 0 aliphatic carbocycles. The minimum absolute atomic E-state index is 0.0714. The van der Waals surface area contributed by atoms with E-state index in [0.29, 0.717) is 6.54 Å². The number of ether oxygens (including phenoxy) is 1. The maximum absolute atomic E-state index is 10.5. The standard InChI is InChI=1S/C7H13NO3/c1-8(5-6-9)4-3-7(10)11-2/h3-4,9H,5-6H2,1-2H3. The van der Waals surface area contributed by atoms with E-state index in [1.54, 1.807) is 18.1 Å². The van der Waals surface area contributed by atoms with Gasteiger partial charge in [-0.05, 0) is 0 Å². The molecular weight excluding hydrogens is 146 g/mol. The molecular formula is C7H13NO3. The SMILES string of the molecule is COC(=O)C=CN(C)CCO. The molecule has 4 nitrogen and oxygen atoms in total. The molecule has 4 heteroatoms. The molecule has 0 aliphatic rings. The van der Waals surface area contributed by atoms with Crippen molar-refractivity contribution in [3.05, 3.63) is 12.3 Å². The zero-order chi connectivity index (χ0) is 8.69. The molecule has 0 rings (SSSR count). The lowest BCUT2D eigenvalue weighted by molar-refractivity contribution is -0.134. The molecule has 0 amide bonds. The highest BCUT2D eigenvalue weighted by Crippen LogP contribution is 1.84. The summed E-state index contributed by atoms with van der Waals surface area (Å²) in [5.74, 6) is -0.394. The largest absolute Gasteiger partial charge is 0.466 e. The predicted octanol–water partition coefficient (Wildman–Crippen LogP) is -0.403. The van der Waals surface area contributed by atoms with Crippen LogP contribution in [0.2, 0.25) is 0 Å². The number of aliphatic hydroxyl groups is 1. The van der Waals surface area contributed by atoms with Crippen molar-refractivity contribution in [1.82, 2.24) is 4.90 Å². The Hall–Kier alpha value is -1.03. The lowest BCUT2D eigenvalue weighted by Crippen LogP contribution is -2.15. The minimum atomic E-state index is -0.394. The smallest absolute Gasteiger partial charge is 0.331 e. The van der Waals surface area contributed by atoms with Gasteiger partial charge < -0.3 is 14.7 Å². The van der Waals surface area contributed by atoms with Gasteiger partial charge in [0.15, 0.2) is 0 Å². The zero-order valence-electron chi connectivity index (χ0n) is 6.78. The number of esters is 1. The van der Waals surface area contributed by atoms with Gasteiger partial charge >= 0.3 is 5.97 Å². The molecule has 0 aromatic heterocycles. The number of hydrogen-bond donors (Lipinski definition) is 1. The molecule has 11 heavy (non-hydrogen) atoms. The van der Waals surface area contributed by atoms with Crippen molar-refractivity contribution in [2.45, 2.75) is 0 Å². The third-order valence-electron chi connectivity index (χ3n) is 1.12. The van der Waals surface area contributed by atoms with E-state index < -0.39 is 5.97 Å². The number of methoxy groups -OCH3 is 1. The molecule has 0 atom stereocenters. The molecule has 0 heterocycles. The summed E-state index contributed by atoms with van der Waals surface area (Å²) >= 11 is 0. The molecule has 0 aromatic rings. The second-order valence-corrected chi connectivity index (χ2v) is 2.04. The summed E-state index contributed by atoms with van der Waals surface area (Å²) in [6.07, 6.45) is 2.86.